The zero-order valence-corrected chi connectivity index (χ0v) is 9.20. The Morgan fingerprint density at radius 1 is 1.47 bits per heavy atom. The van der Waals surface area contributed by atoms with Gasteiger partial charge in [0.25, 0.3) is 0 Å². The molecule has 0 bridgehead atoms. The van der Waals surface area contributed by atoms with E-state index in [0.717, 1.165) is 32.0 Å². The lowest BCUT2D eigenvalue weighted by molar-refractivity contribution is 0.239. The molecule has 2 nitrogen and oxygen atoms in total. The standard InChI is InChI=1S/C13H17NO/c1-11(2)9-14-7-8-15-13-6-4-3-5-12(13)10-14/h3-6H,1,7-10H2,2H3. The summed E-state index contributed by atoms with van der Waals surface area (Å²) >= 11 is 0. The first-order valence-electron chi connectivity index (χ1n) is 5.33. The molecule has 1 aromatic rings. The van der Waals surface area contributed by atoms with E-state index in [1.54, 1.807) is 0 Å². The summed E-state index contributed by atoms with van der Waals surface area (Å²) in [6, 6.07) is 8.26. The molecule has 0 saturated carbocycles. The Morgan fingerprint density at radius 2 is 2.27 bits per heavy atom. The fourth-order valence-electron chi connectivity index (χ4n) is 1.90. The number of para-hydroxylation sites is 1. The van der Waals surface area contributed by atoms with Crippen molar-refractivity contribution in [2.45, 2.75) is 13.5 Å². The zero-order chi connectivity index (χ0) is 10.7. The van der Waals surface area contributed by atoms with Gasteiger partial charge < -0.3 is 4.74 Å². The van der Waals surface area contributed by atoms with Crippen LogP contribution in [0.4, 0.5) is 0 Å². The monoisotopic (exact) mass is 203 g/mol. The first-order chi connectivity index (χ1) is 7.25. The second kappa shape index (κ2) is 4.49. The van der Waals surface area contributed by atoms with E-state index in [2.05, 4.69) is 30.5 Å². The number of hydrogen-bond donors (Lipinski definition) is 0. The van der Waals surface area contributed by atoms with E-state index < -0.39 is 0 Å². The van der Waals surface area contributed by atoms with Crippen LogP contribution in [-0.4, -0.2) is 24.6 Å². The summed E-state index contributed by atoms with van der Waals surface area (Å²) in [6.07, 6.45) is 0. The molecule has 0 fully saturated rings. The van der Waals surface area contributed by atoms with Crippen LogP contribution in [0.3, 0.4) is 0 Å². The fourth-order valence-corrected chi connectivity index (χ4v) is 1.90. The topological polar surface area (TPSA) is 12.5 Å². The van der Waals surface area contributed by atoms with Gasteiger partial charge in [-0.15, -0.1) is 0 Å². The third kappa shape index (κ3) is 2.60. The molecule has 15 heavy (non-hydrogen) atoms. The van der Waals surface area contributed by atoms with Gasteiger partial charge in [-0.1, -0.05) is 30.4 Å². The van der Waals surface area contributed by atoms with Crippen molar-refractivity contribution < 1.29 is 4.74 Å². The third-order valence-electron chi connectivity index (χ3n) is 2.53. The highest BCUT2D eigenvalue weighted by molar-refractivity contribution is 5.33. The van der Waals surface area contributed by atoms with Gasteiger partial charge in [-0.05, 0) is 13.0 Å². The molecule has 0 N–H and O–H groups in total. The fraction of sp³-hybridized carbons (Fsp3) is 0.385. The number of benzene rings is 1. The molecule has 0 aliphatic carbocycles. The van der Waals surface area contributed by atoms with Gasteiger partial charge in [0.05, 0.1) is 0 Å². The van der Waals surface area contributed by atoms with Crippen molar-refractivity contribution in [2.24, 2.45) is 0 Å². The molecule has 80 valence electrons. The van der Waals surface area contributed by atoms with Crippen LogP contribution in [0, 0.1) is 0 Å². The Kier molecular flexibility index (Phi) is 3.07. The Hall–Kier alpha value is -1.28. The van der Waals surface area contributed by atoms with Gasteiger partial charge in [-0.2, -0.15) is 0 Å². The van der Waals surface area contributed by atoms with E-state index in [-0.39, 0.29) is 0 Å². The van der Waals surface area contributed by atoms with Crippen LogP contribution in [0.1, 0.15) is 12.5 Å². The summed E-state index contributed by atoms with van der Waals surface area (Å²) in [5.41, 5.74) is 2.48. The van der Waals surface area contributed by atoms with Gasteiger partial charge in [0, 0.05) is 25.2 Å². The summed E-state index contributed by atoms with van der Waals surface area (Å²) < 4.78 is 5.69. The van der Waals surface area contributed by atoms with Crippen LogP contribution >= 0.6 is 0 Å². The maximum atomic E-state index is 5.69. The molecule has 0 spiro atoms. The molecule has 0 atom stereocenters. The van der Waals surface area contributed by atoms with Gasteiger partial charge in [-0.25, -0.2) is 0 Å². The van der Waals surface area contributed by atoms with Crippen molar-refractivity contribution in [1.29, 1.82) is 0 Å². The quantitative estimate of drug-likeness (QED) is 0.685. The summed E-state index contributed by atoms with van der Waals surface area (Å²) in [6.45, 7) is 9.68. The highest BCUT2D eigenvalue weighted by atomic mass is 16.5. The molecule has 0 radical (unpaired) electrons. The van der Waals surface area contributed by atoms with Gasteiger partial charge in [0.1, 0.15) is 12.4 Å². The predicted molar refractivity (Wildman–Crippen MR) is 62.0 cm³/mol. The van der Waals surface area contributed by atoms with Crippen LogP contribution < -0.4 is 4.74 Å². The van der Waals surface area contributed by atoms with E-state index in [4.69, 9.17) is 4.74 Å². The number of ether oxygens (including phenoxy) is 1. The first-order valence-corrected chi connectivity index (χ1v) is 5.33. The lowest BCUT2D eigenvalue weighted by Gasteiger charge is -2.18. The van der Waals surface area contributed by atoms with Crippen molar-refractivity contribution in [3.05, 3.63) is 42.0 Å². The molecular weight excluding hydrogens is 186 g/mol. The molecule has 0 saturated heterocycles. The molecule has 0 aromatic heterocycles. The number of hydrogen-bond acceptors (Lipinski definition) is 2. The van der Waals surface area contributed by atoms with E-state index >= 15 is 0 Å². The van der Waals surface area contributed by atoms with Crippen molar-refractivity contribution in [3.8, 4) is 5.75 Å². The van der Waals surface area contributed by atoms with E-state index in [1.807, 2.05) is 12.1 Å². The second-order valence-corrected chi connectivity index (χ2v) is 4.12. The highest BCUT2D eigenvalue weighted by Crippen LogP contribution is 2.22. The Labute approximate surface area is 91.2 Å². The van der Waals surface area contributed by atoms with Gasteiger partial charge in [0.2, 0.25) is 0 Å². The average molecular weight is 203 g/mol. The lowest BCUT2D eigenvalue weighted by Crippen LogP contribution is -2.27. The Balaban J connectivity index is 2.13. The zero-order valence-electron chi connectivity index (χ0n) is 9.20. The molecular formula is C13H17NO. The SMILES string of the molecule is C=C(C)CN1CCOc2ccccc2C1. The van der Waals surface area contributed by atoms with Gasteiger partial charge >= 0.3 is 0 Å². The molecule has 1 aromatic carbocycles. The van der Waals surface area contributed by atoms with Crippen LogP contribution in [0.2, 0.25) is 0 Å². The van der Waals surface area contributed by atoms with E-state index in [1.165, 1.54) is 11.1 Å². The number of fused-ring (bicyclic) bond motifs is 1. The summed E-state index contributed by atoms with van der Waals surface area (Å²) in [5, 5.41) is 0. The predicted octanol–water partition coefficient (Wildman–Crippen LogP) is 2.46. The average Bonchev–Trinajstić information content (AvgIpc) is 2.38. The molecule has 2 rings (SSSR count). The molecule has 0 amide bonds. The normalized spacial score (nSPS) is 16.3. The van der Waals surface area contributed by atoms with Crippen molar-refractivity contribution in [3.63, 3.8) is 0 Å². The smallest absolute Gasteiger partial charge is 0.123 e. The van der Waals surface area contributed by atoms with Crippen molar-refractivity contribution >= 4 is 0 Å². The first kappa shape index (κ1) is 10.2. The van der Waals surface area contributed by atoms with Gasteiger partial charge in [-0.3, -0.25) is 4.90 Å². The lowest BCUT2D eigenvalue weighted by atomic mass is 10.2. The molecule has 2 heteroatoms. The van der Waals surface area contributed by atoms with Crippen LogP contribution in [0.5, 0.6) is 5.75 Å². The minimum absolute atomic E-state index is 0.768. The molecule has 1 heterocycles. The minimum Gasteiger partial charge on any atom is -0.492 e. The highest BCUT2D eigenvalue weighted by Gasteiger charge is 2.13. The van der Waals surface area contributed by atoms with Crippen LogP contribution in [-0.2, 0) is 6.54 Å². The van der Waals surface area contributed by atoms with Gasteiger partial charge in [0.15, 0.2) is 0 Å². The summed E-state index contributed by atoms with van der Waals surface area (Å²) in [4.78, 5) is 2.37. The maximum absolute atomic E-state index is 5.69. The third-order valence-corrected chi connectivity index (χ3v) is 2.53. The van der Waals surface area contributed by atoms with E-state index in [9.17, 15) is 0 Å². The van der Waals surface area contributed by atoms with E-state index in [0.29, 0.717) is 0 Å². The summed E-state index contributed by atoms with van der Waals surface area (Å²) in [5.74, 6) is 1.03. The number of nitrogens with zero attached hydrogens (tertiary/aromatic N) is 1. The maximum Gasteiger partial charge on any atom is 0.123 e. The Bertz CT molecular complexity index is 359. The second-order valence-electron chi connectivity index (χ2n) is 4.12. The minimum atomic E-state index is 0.768. The molecule has 1 aliphatic rings. The summed E-state index contributed by atoms with van der Waals surface area (Å²) in [7, 11) is 0. The van der Waals surface area contributed by atoms with Crippen LogP contribution in [0.15, 0.2) is 36.4 Å². The molecule has 1 aliphatic heterocycles. The van der Waals surface area contributed by atoms with Crippen LogP contribution in [0.25, 0.3) is 0 Å². The van der Waals surface area contributed by atoms with Crippen molar-refractivity contribution in [1.82, 2.24) is 4.90 Å². The largest absolute Gasteiger partial charge is 0.492 e. The number of rotatable bonds is 2. The van der Waals surface area contributed by atoms with Crippen molar-refractivity contribution in [2.75, 3.05) is 19.7 Å². The Morgan fingerprint density at radius 3 is 3.07 bits per heavy atom. The molecule has 0 unspecified atom stereocenters.